The molecule has 0 aromatic rings. The van der Waals surface area contributed by atoms with Crippen molar-refractivity contribution >= 4 is 0 Å². The van der Waals surface area contributed by atoms with Crippen molar-refractivity contribution < 1.29 is 73.3 Å². The third kappa shape index (κ3) is 11200. The summed E-state index contributed by atoms with van der Waals surface area (Å²) in [5, 5.41) is 13.6. The standard InChI is InChI=1S/La.HNO3.5H2O/c;2-1(3)4;;;;;/h;(H,2,3,4);5*1H2. The van der Waals surface area contributed by atoms with Crippen LogP contribution in [0.25, 0.3) is 0 Å². The molecule has 67 valence electrons. The Bertz CT molecular complexity index is 32.2. The number of nitrogens with zero attached hydrogens (tertiary/aromatic N) is 1. The van der Waals surface area contributed by atoms with Gasteiger partial charge in [-0.3, -0.25) is 0 Å². The third-order valence-corrected chi connectivity index (χ3v) is 0. The molecule has 0 aliphatic rings. The summed E-state index contributed by atoms with van der Waals surface area (Å²) < 4.78 is 0. The fourth-order valence-electron chi connectivity index (χ4n) is 0. The number of hydrogen-bond donors (Lipinski definition) is 1. The molecule has 0 aromatic carbocycles. The van der Waals surface area contributed by atoms with Crippen molar-refractivity contribution in [3.63, 3.8) is 0 Å². The van der Waals surface area contributed by atoms with E-state index in [9.17, 15) is 0 Å². The number of rotatable bonds is 0. The van der Waals surface area contributed by atoms with Gasteiger partial charge in [-0.2, -0.15) is 0 Å². The molecular weight excluding hydrogens is 281 g/mol. The van der Waals surface area contributed by atoms with E-state index >= 15 is 0 Å². The van der Waals surface area contributed by atoms with Crippen LogP contribution >= 0.6 is 0 Å². The Morgan fingerprint density at radius 1 is 1.00 bits per heavy atom. The Hall–Kier alpha value is 0.195. The summed E-state index contributed by atoms with van der Waals surface area (Å²) in [6.07, 6.45) is 0. The molecular formula is H11LaNO8. The van der Waals surface area contributed by atoms with Gasteiger partial charge in [0.1, 0.15) is 0 Å². The van der Waals surface area contributed by atoms with Gasteiger partial charge in [-0.25, -0.2) is 0 Å². The van der Waals surface area contributed by atoms with Gasteiger partial charge in [-0.15, -0.1) is 10.1 Å². The summed E-state index contributed by atoms with van der Waals surface area (Å²) in [4.78, 5) is 8.36. The summed E-state index contributed by atoms with van der Waals surface area (Å²) in [6.45, 7) is 0. The van der Waals surface area contributed by atoms with Crippen molar-refractivity contribution in [3.8, 4) is 0 Å². The molecule has 0 aromatic heterocycles. The van der Waals surface area contributed by atoms with Crippen molar-refractivity contribution in [1.29, 1.82) is 0 Å². The van der Waals surface area contributed by atoms with Crippen molar-refractivity contribution in [2.75, 3.05) is 0 Å². The molecule has 0 saturated carbocycles. The van der Waals surface area contributed by atoms with E-state index in [1.54, 1.807) is 0 Å². The first-order valence-electron chi connectivity index (χ1n) is 0.565. The van der Waals surface area contributed by atoms with Crippen LogP contribution in [0.3, 0.4) is 0 Å². The van der Waals surface area contributed by atoms with Crippen molar-refractivity contribution in [2.45, 2.75) is 0 Å². The van der Waals surface area contributed by atoms with E-state index in [0.29, 0.717) is 0 Å². The van der Waals surface area contributed by atoms with Crippen LogP contribution in [0.1, 0.15) is 0 Å². The summed E-state index contributed by atoms with van der Waals surface area (Å²) in [6, 6.07) is 0. The molecule has 0 unspecified atom stereocenters. The van der Waals surface area contributed by atoms with Crippen LogP contribution < -0.4 is 0 Å². The van der Waals surface area contributed by atoms with Gasteiger partial charge in [-0.05, 0) is 0 Å². The van der Waals surface area contributed by atoms with Crippen molar-refractivity contribution in [2.24, 2.45) is 0 Å². The molecule has 1 radical (unpaired) electrons. The van der Waals surface area contributed by atoms with Crippen molar-refractivity contribution in [3.05, 3.63) is 10.1 Å². The smallest absolute Gasteiger partial charge is 0.291 e. The second-order valence-corrected chi connectivity index (χ2v) is 0.238. The SMILES string of the molecule is O.O.O.O.O.O=[N+]([O-])O.[La]. The van der Waals surface area contributed by atoms with Gasteiger partial charge in [0.15, 0.2) is 0 Å². The average molecular weight is 292 g/mol. The molecule has 0 fully saturated rings. The van der Waals surface area contributed by atoms with E-state index in [1.807, 2.05) is 0 Å². The minimum atomic E-state index is -1.50. The molecule has 0 rings (SSSR count). The third-order valence-electron chi connectivity index (χ3n) is 0. The molecule has 0 aliphatic carbocycles. The molecule has 0 bridgehead atoms. The van der Waals surface area contributed by atoms with E-state index in [2.05, 4.69) is 0 Å². The van der Waals surface area contributed by atoms with Crippen LogP contribution in [0.2, 0.25) is 0 Å². The molecule has 9 nitrogen and oxygen atoms in total. The molecule has 0 saturated heterocycles. The van der Waals surface area contributed by atoms with Crippen LogP contribution in [0.4, 0.5) is 0 Å². The maximum absolute atomic E-state index is 8.36. The van der Waals surface area contributed by atoms with E-state index in [-0.39, 0.29) is 63.0 Å². The van der Waals surface area contributed by atoms with Crippen molar-refractivity contribution in [1.82, 2.24) is 0 Å². The first-order valence-corrected chi connectivity index (χ1v) is 0.565. The Balaban J connectivity index is -0.00000000300. The zero-order valence-electron chi connectivity index (χ0n) is 4.79. The minimum absolute atomic E-state index is 0. The zero-order chi connectivity index (χ0) is 3.58. The Morgan fingerprint density at radius 2 is 1.00 bits per heavy atom. The first kappa shape index (κ1) is 84.4. The molecule has 10 heteroatoms. The minimum Gasteiger partial charge on any atom is -0.412 e. The molecule has 11 N–H and O–H groups in total. The predicted molar refractivity (Wildman–Crippen MR) is 26.8 cm³/mol. The second kappa shape index (κ2) is 60.5. The van der Waals surface area contributed by atoms with E-state index in [0.717, 1.165) is 0 Å². The molecule has 0 aliphatic heterocycles. The van der Waals surface area contributed by atoms with Crippen LogP contribution in [0.5, 0.6) is 0 Å². The Morgan fingerprint density at radius 3 is 1.00 bits per heavy atom. The van der Waals surface area contributed by atoms with Gasteiger partial charge in [0.25, 0.3) is 5.09 Å². The van der Waals surface area contributed by atoms with E-state index < -0.39 is 5.09 Å². The Labute approximate surface area is 83.3 Å². The van der Waals surface area contributed by atoms with Crippen LogP contribution in [0.15, 0.2) is 0 Å². The summed E-state index contributed by atoms with van der Waals surface area (Å²) in [5.74, 6) is 0. The van der Waals surface area contributed by atoms with Crippen LogP contribution in [-0.4, -0.2) is 37.7 Å². The topological polar surface area (TPSA) is 221 Å². The maximum Gasteiger partial charge on any atom is 0.291 e. The van der Waals surface area contributed by atoms with E-state index in [1.165, 1.54) is 0 Å². The second-order valence-electron chi connectivity index (χ2n) is 0.238. The van der Waals surface area contributed by atoms with Gasteiger partial charge in [0, 0.05) is 35.6 Å². The Kier molecular flexibility index (Phi) is 511. The van der Waals surface area contributed by atoms with Gasteiger partial charge < -0.3 is 32.6 Å². The molecule has 0 spiro atoms. The fraction of sp³-hybridized carbons (Fsp3) is 0. The number of hydrogen-bond acceptors (Lipinski definition) is 2. The first-order chi connectivity index (χ1) is 1.73. The molecule has 0 atom stereocenters. The molecule has 10 heavy (non-hydrogen) atoms. The normalized spacial score (nSPS) is 2.40. The van der Waals surface area contributed by atoms with Crippen LogP contribution in [-0.2, 0) is 0 Å². The molecule has 0 heterocycles. The summed E-state index contributed by atoms with van der Waals surface area (Å²) in [7, 11) is 0. The zero-order valence-corrected chi connectivity index (χ0v) is 8.41. The van der Waals surface area contributed by atoms with Gasteiger partial charge in [0.2, 0.25) is 0 Å². The average Bonchev–Trinajstić information content (AvgIpc) is 0.811. The van der Waals surface area contributed by atoms with E-state index in [4.69, 9.17) is 15.3 Å². The molecule has 0 amide bonds. The van der Waals surface area contributed by atoms with Crippen LogP contribution in [0, 0.1) is 45.7 Å². The summed E-state index contributed by atoms with van der Waals surface area (Å²) in [5.41, 5.74) is 0. The van der Waals surface area contributed by atoms with Gasteiger partial charge in [0.05, 0.1) is 0 Å². The maximum atomic E-state index is 8.36. The largest absolute Gasteiger partial charge is 0.412 e. The van der Waals surface area contributed by atoms with Gasteiger partial charge in [-0.1, -0.05) is 0 Å². The van der Waals surface area contributed by atoms with Gasteiger partial charge >= 0.3 is 0 Å². The summed E-state index contributed by atoms with van der Waals surface area (Å²) >= 11 is 0. The monoisotopic (exact) mass is 292 g/mol. The quantitative estimate of drug-likeness (QED) is 0.344. The fourth-order valence-corrected chi connectivity index (χ4v) is 0. The predicted octanol–water partition coefficient (Wildman–Crippen LogP) is -4.47.